The number of hydrogen-bond donors (Lipinski definition) is 0. The van der Waals surface area contributed by atoms with E-state index in [1.807, 2.05) is 48.5 Å². The van der Waals surface area contributed by atoms with Gasteiger partial charge in [0.1, 0.15) is 5.60 Å². The van der Waals surface area contributed by atoms with Gasteiger partial charge in [-0.25, -0.2) is 4.79 Å². The lowest BCUT2D eigenvalue weighted by atomic mass is 9.82. The molecule has 1 amide bonds. The van der Waals surface area contributed by atoms with Gasteiger partial charge >= 0.3 is 6.09 Å². The van der Waals surface area contributed by atoms with Gasteiger partial charge in [-0.15, -0.1) is 0 Å². The van der Waals surface area contributed by atoms with Crippen molar-refractivity contribution in [2.75, 3.05) is 4.90 Å². The van der Waals surface area contributed by atoms with Crippen molar-refractivity contribution in [3.63, 3.8) is 0 Å². The molecule has 1 fully saturated rings. The van der Waals surface area contributed by atoms with Crippen molar-refractivity contribution in [1.29, 1.82) is 0 Å². The molecule has 1 saturated carbocycles. The lowest BCUT2D eigenvalue weighted by Crippen LogP contribution is -2.47. The number of ether oxygens (including phenoxy) is 1. The highest BCUT2D eigenvalue weighted by Crippen LogP contribution is 2.52. The molecule has 118 valence electrons. The first kappa shape index (κ1) is 14.3. The summed E-state index contributed by atoms with van der Waals surface area (Å²) in [7, 11) is 0. The fraction of sp³-hybridized carbons (Fsp3) is 0.350. The fourth-order valence-corrected chi connectivity index (χ4v) is 4.05. The minimum Gasteiger partial charge on any atom is -0.437 e. The predicted octanol–water partition coefficient (Wildman–Crippen LogP) is 4.86. The van der Waals surface area contributed by atoms with Gasteiger partial charge in [0.25, 0.3) is 0 Å². The summed E-state index contributed by atoms with van der Waals surface area (Å²) in [6.45, 7) is 2.74. The van der Waals surface area contributed by atoms with Gasteiger partial charge in [-0.3, -0.25) is 4.90 Å². The lowest BCUT2D eigenvalue weighted by molar-refractivity contribution is -0.0199. The molecule has 0 radical (unpaired) electrons. The third-order valence-corrected chi connectivity index (χ3v) is 5.31. The summed E-state index contributed by atoms with van der Waals surface area (Å²) >= 11 is 0. The number of hydrogen-bond acceptors (Lipinski definition) is 2. The van der Waals surface area contributed by atoms with Crippen LogP contribution in [0.15, 0.2) is 54.6 Å². The second-order valence-corrected chi connectivity index (χ2v) is 6.64. The molecule has 2 aliphatic rings. The summed E-state index contributed by atoms with van der Waals surface area (Å²) in [5, 5.41) is 0. The summed E-state index contributed by atoms with van der Waals surface area (Å²) in [5.41, 5.74) is 2.84. The molecule has 3 nitrogen and oxygen atoms in total. The monoisotopic (exact) mass is 307 g/mol. The Morgan fingerprint density at radius 3 is 2.61 bits per heavy atom. The molecule has 1 aliphatic carbocycles. The van der Waals surface area contributed by atoms with E-state index in [1.54, 1.807) is 4.90 Å². The Labute approximate surface area is 136 Å². The largest absolute Gasteiger partial charge is 0.437 e. The highest BCUT2D eigenvalue weighted by Gasteiger charge is 2.50. The third-order valence-electron chi connectivity index (χ3n) is 5.31. The van der Waals surface area contributed by atoms with Gasteiger partial charge in [0, 0.05) is 11.5 Å². The average Bonchev–Trinajstić information content (AvgIpc) is 2.94. The number of benzene rings is 2. The van der Waals surface area contributed by atoms with Crippen LogP contribution in [-0.2, 0) is 16.9 Å². The first-order valence-corrected chi connectivity index (χ1v) is 8.35. The Balaban J connectivity index is 1.77. The van der Waals surface area contributed by atoms with Crippen LogP contribution in [0.2, 0.25) is 0 Å². The highest BCUT2D eigenvalue weighted by atomic mass is 16.6. The minimum absolute atomic E-state index is 0.221. The van der Waals surface area contributed by atoms with Gasteiger partial charge in [-0.1, -0.05) is 55.5 Å². The molecule has 1 spiro atoms. The van der Waals surface area contributed by atoms with E-state index >= 15 is 0 Å². The van der Waals surface area contributed by atoms with Crippen molar-refractivity contribution >= 4 is 11.8 Å². The van der Waals surface area contributed by atoms with Gasteiger partial charge in [0.05, 0.1) is 12.2 Å². The molecule has 4 rings (SSSR count). The number of amides is 1. The molecule has 0 saturated heterocycles. The van der Waals surface area contributed by atoms with E-state index in [1.165, 1.54) is 5.56 Å². The van der Waals surface area contributed by atoms with Crippen LogP contribution in [0, 0.1) is 5.92 Å². The van der Waals surface area contributed by atoms with Crippen molar-refractivity contribution < 1.29 is 9.53 Å². The Morgan fingerprint density at radius 1 is 1.13 bits per heavy atom. The maximum atomic E-state index is 12.8. The summed E-state index contributed by atoms with van der Waals surface area (Å²) in [5.74, 6) is 0.367. The molecule has 1 heterocycles. The zero-order valence-corrected chi connectivity index (χ0v) is 13.4. The number of fused-ring (bicyclic) bond motifs is 2. The highest BCUT2D eigenvalue weighted by molar-refractivity contribution is 5.91. The Morgan fingerprint density at radius 2 is 1.87 bits per heavy atom. The van der Waals surface area contributed by atoms with Gasteiger partial charge in [0.2, 0.25) is 0 Å². The maximum absolute atomic E-state index is 12.8. The molecule has 23 heavy (non-hydrogen) atoms. The van der Waals surface area contributed by atoms with E-state index in [4.69, 9.17) is 4.74 Å². The standard InChI is InChI=1S/C20H21NO2/c1-15-8-7-13-20(15)17-11-5-6-12-18(17)21(19(22)23-20)14-16-9-3-2-4-10-16/h2-6,9-12,15H,7-8,13-14H2,1H3/t15-,20+/m0/s1. The van der Waals surface area contributed by atoms with Crippen LogP contribution in [0.25, 0.3) is 0 Å². The topological polar surface area (TPSA) is 29.5 Å². The minimum atomic E-state index is -0.430. The fourth-order valence-electron chi connectivity index (χ4n) is 4.05. The normalized spacial score (nSPS) is 26.2. The van der Waals surface area contributed by atoms with Crippen molar-refractivity contribution in [2.45, 2.75) is 38.3 Å². The quantitative estimate of drug-likeness (QED) is 0.793. The van der Waals surface area contributed by atoms with Gasteiger partial charge in [0.15, 0.2) is 0 Å². The number of carbonyl (C=O) groups is 1. The molecule has 2 aromatic carbocycles. The zero-order valence-electron chi connectivity index (χ0n) is 13.4. The summed E-state index contributed by atoms with van der Waals surface area (Å²) in [4.78, 5) is 14.5. The second-order valence-electron chi connectivity index (χ2n) is 6.64. The maximum Gasteiger partial charge on any atom is 0.415 e. The second kappa shape index (κ2) is 5.41. The number of carbonyl (C=O) groups excluding carboxylic acids is 1. The summed E-state index contributed by atoms with van der Waals surface area (Å²) in [6.07, 6.45) is 2.93. The zero-order chi connectivity index (χ0) is 15.9. The van der Waals surface area contributed by atoms with Crippen LogP contribution in [-0.4, -0.2) is 6.09 Å². The van der Waals surface area contributed by atoms with Gasteiger partial charge < -0.3 is 4.74 Å². The van der Waals surface area contributed by atoms with Crippen molar-refractivity contribution in [2.24, 2.45) is 5.92 Å². The van der Waals surface area contributed by atoms with E-state index in [0.717, 1.165) is 30.5 Å². The SMILES string of the molecule is C[C@H]1CCC[C@@]12OC(=O)N(Cc1ccccc1)c1ccccc12. The van der Waals surface area contributed by atoms with E-state index in [0.29, 0.717) is 12.5 Å². The Kier molecular flexibility index (Phi) is 3.37. The number of rotatable bonds is 2. The number of nitrogens with zero attached hydrogens (tertiary/aromatic N) is 1. The van der Waals surface area contributed by atoms with Crippen molar-refractivity contribution in [3.05, 3.63) is 65.7 Å². The average molecular weight is 307 g/mol. The van der Waals surface area contributed by atoms with Crippen LogP contribution in [0.4, 0.5) is 10.5 Å². The Hall–Kier alpha value is -2.29. The van der Waals surface area contributed by atoms with E-state index in [9.17, 15) is 4.79 Å². The molecule has 0 unspecified atom stereocenters. The summed E-state index contributed by atoms with van der Waals surface area (Å²) < 4.78 is 6.05. The van der Waals surface area contributed by atoms with E-state index < -0.39 is 5.60 Å². The van der Waals surface area contributed by atoms with Gasteiger partial charge in [-0.05, 0) is 30.9 Å². The molecule has 0 N–H and O–H groups in total. The third kappa shape index (κ3) is 2.23. The number of para-hydroxylation sites is 1. The molecular formula is C20H21NO2. The Bertz CT molecular complexity index is 727. The van der Waals surface area contributed by atoms with Crippen LogP contribution in [0.5, 0.6) is 0 Å². The molecule has 2 atom stereocenters. The van der Waals surface area contributed by atoms with Gasteiger partial charge in [-0.2, -0.15) is 0 Å². The molecule has 0 aromatic heterocycles. The molecule has 3 heteroatoms. The van der Waals surface area contributed by atoms with E-state index in [2.05, 4.69) is 13.0 Å². The lowest BCUT2D eigenvalue weighted by Gasteiger charge is -2.43. The van der Waals surface area contributed by atoms with Crippen molar-refractivity contribution in [1.82, 2.24) is 0 Å². The molecule has 0 bridgehead atoms. The molecule has 1 aliphatic heterocycles. The predicted molar refractivity (Wildman–Crippen MR) is 90.2 cm³/mol. The van der Waals surface area contributed by atoms with Crippen LogP contribution < -0.4 is 4.90 Å². The van der Waals surface area contributed by atoms with E-state index in [-0.39, 0.29) is 6.09 Å². The van der Waals surface area contributed by atoms with Crippen LogP contribution >= 0.6 is 0 Å². The van der Waals surface area contributed by atoms with Crippen molar-refractivity contribution in [3.8, 4) is 0 Å². The first-order valence-electron chi connectivity index (χ1n) is 8.35. The molecule has 2 aromatic rings. The van der Waals surface area contributed by atoms with Crippen LogP contribution in [0.1, 0.15) is 37.3 Å². The number of anilines is 1. The molecular weight excluding hydrogens is 286 g/mol. The first-order chi connectivity index (χ1) is 11.2. The summed E-state index contributed by atoms with van der Waals surface area (Å²) in [6, 6.07) is 18.3. The van der Waals surface area contributed by atoms with Crippen LogP contribution in [0.3, 0.4) is 0 Å². The smallest absolute Gasteiger partial charge is 0.415 e.